The standard InChI is InChI=1S/C30H30FN5O3/c1-4-8-27-25(15-20-12-11-19(16-26(20)31)24-10-7-6-9-21(24)17-32)28(37)35(30-33-18(3)34-36(27)30)23-13-22(14-23)29(38)39-5-2/h6-7,9-12,16,22-23H,4-5,8,13-15H2,1-3H3/t22-,23-. The maximum Gasteiger partial charge on any atom is 0.309 e. The van der Waals surface area contributed by atoms with Crippen molar-refractivity contribution in [3.8, 4) is 17.2 Å². The number of ether oxygens (including phenoxy) is 1. The number of rotatable bonds is 8. The van der Waals surface area contributed by atoms with E-state index in [1.54, 1.807) is 53.3 Å². The Hall–Kier alpha value is -4.32. The Balaban J connectivity index is 1.57. The van der Waals surface area contributed by atoms with E-state index in [1.807, 2.05) is 13.0 Å². The van der Waals surface area contributed by atoms with Gasteiger partial charge in [0.05, 0.1) is 29.9 Å². The molecule has 1 saturated carbocycles. The van der Waals surface area contributed by atoms with Gasteiger partial charge in [-0.05, 0) is 61.9 Å². The summed E-state index contributed by atoms with van der Waals surface area (Å²) >= 11 is 0. The number of hydrogen-bond acceptors (Lipinski definition) is 6. The molecular weight excluding hydrogens is 497 g/mol. The first-order valence-corrected chi connectivity index (χ1v) is 13.3. The van der Waals surface area contributed by atoms with Crippen molar-refractivity contribution >= 4 is 11.7 Å². The number of nitrogens with zero attached hydrogens (tertiary/aromatic N) is 5. The second-order valence-corrected chi connectivity index (χ2v) is 9.94. The smallest absolute Gasteiger partial charge is 0.309 e. The molecule has 0 amide bonds. The first-order valence-electron chi connectivity index (χ1n) is 13.3. The number of carbonyl (C=O) groups excluding carboxylic acids is 1. The topological polar surface area (TPSA) is 102 Å². The fourth-order valence-corrected chi connectivity index (χ4v) is 5.36. The zero-order chi connectivity index (χ0) is 27.7. The monoisotopic (exact) mass is 527 g/mol. The van der Waals surface area contributed by atoms with Crippen molar-refractivity contribution in [2.75, 3.05) is 6.61 Å². The minimum Gasteiger partial charge on any atom is -0.466 e. The van der Waals surface area contributed by atoms with Gasteiger partial charge in [0.25, 0.3) is 5.56 Å². The van der Waals surface area contributed by atoms with E-state index in [1.165, 1.54) is 6.07 Å². The summed E-state index contributed by atoms with van der Waals surface area (Å²) in [5, 5.41) is 14.0. The molecule has 0 saturated heterocycles. The van der Waals surface area contributed by atoms with Gasteiger partial charge in [-0.15, -0.1) is 0 Å². The van der Waals surface area contributed by atoms with Crippen molar-refractivity contribution in [1.82, 2.24) is 19.2 Å². The predicted octanol–water partition coefficient (Wildman–Crippen LogP) is 4.93. The molecule has 39 heavy (non-hydrogen) atoms. The van der Waals surface area contributed by atoms with Gasteiger partial charge in [0.15, 0.2) is 0 Å². The van der Waals surface area contributed by atoms with Crippen LogP contribution < -0.4 is 5.56 Å². The minimum absolute atomic E-state index is 0.0864. The van der Waals surface area contributed by atoms with Crippen molar-refractivity contribution in [3.63, 3.8) is 0 Å². The molecule has 2 heterocycles. The highest BCUT2D eigenvalue weighted by atomic mass is 19.1. The van der Waals surface area contributed by atoms with E-state index in [4.69, 9.17) is 4.74 Å². The molecular formula is C30H30FN5O3. The molecule has 0 aliphatic heterocycles. The molecule has 0 unspecified atom stereocenters. The number of aryl methyl sites for hydroxylation is 2. The van der Waals surface area contributed by atoms with Gasteiger partial charge in [0.1, 0.15) is 11.6 Å². The maximum atomic E-state index is 15.5. The molecule has 5 rings (SSSR count). The second-order valence-electron chi connectivity index (χ2n) is 9.94. The molecule has 0 atom stereocenters. The first kappa shape index (κ1) is 26.3. The Bertz CT molecular complexity index is 1660. The lowest BCUT2D eigenvalue weighted by Crippen LogP contribution is -2.40. The summed E-state index contributed by atoms with van der Waals surface area (Å²) in [6, 6.07) is 13.9. The van der Waals surface area contributed by atoms with E-state index in [9.17, 15) is 14.9 Å². The molecule has 0 spiro atoms. The van der Waals surface area contributed by atoms with Crippen molar-refractivity contribution in [2.24, 2.45) is 5.92 Å². The SMILES string of the molecule is CCCc1c(Cc2ccc(-c3ccccc3C#N)cc2F)c(=O)n([C@H]2C[C@H](C(=O)OCC)C2)c2nc(C)nn12. The van der Waals surface area contributed by atoms with E-state index >= 15 is 4.39 Å². The van der Waals surface area contributed by atoms with E-state index in [0.717, 1.165) is 6.42 Å². The molecule has 2 aromatic carbocycles. The molecule has 1 fully saturated rings. The Morgan fingerprint density at radius 1 is 1.21 bits per heavy atom. The van der Waals surface area contributed by atoms with Crippen LogP contribution in [0.1, 0.15) is 67.4 Å². The molecule has 2 aromatic heterocycles. The third-order valence-corrected chi connectivity index (χ3v) is 7.36. The number of benzene rings is 2. The molecule has 9 heteroatoms. The van der Waals surface area contributed by atoms with Crippen LogP contribution in [0.2, 0.25) is 0 Å². The summed E-state index contributed by atoms with van der Waals surface area (Å²) in [6.07, 6.45) is 2.40. The number of esters is 1. The molecule has 200 valence electrons. The predicted molar refractivity (Wildman–Crippen MR) is 144 cm³/mol. The highest BCUT2D eigenvalue weighted by molar-refractivity contribution is 5.73. The Morgan fingerprint density at radius 2 is 1.97 bits per heavy atom. The van der Waals surface area contributed by atoms with Gasteiger partial charge in [-0.1, -0.05) is 43.7 Å². The molecule has 8 nitrogen and oxygen atoms in total. The average molecular weight is 528 g/mol. The van der Waals surface area contributed by atoms with Gasteiger partial charge in [-0.2, -0.15) is 15.3 Å². The van der Waals surface area contributed by atoms with Crippen LogP contribution in [0.25, 0.3) is 16.9 Å². The highest BCUT2D eigenvalue weighted by Crippen LogP contribution is 2.39. The van der Waals surface area contributed by atoms with Crippen LogP contribution in [0.5, 0.6) is 0 Å². The van der Waals surface area contributed by atoms with Gasteiger partial charge >= 0.3 is 5.97 Å². The molecule has 0 bridgehead atoms. The minimum atomic E-state index is -0.450. The van der Waals surface area contributed by atoms with Crippen LogP contribution in [-0.2, 0) is 22.4 Å². The lowest BCUT2D eigenvalue weighted by Gasteiger charge is -2.35. The summed E-state index contributed by atoms with van der Waals surface area (Å²) in [5.74, 6) is 0.0190. The van der Waals surface area contributed by atoms with Gasteiger partial charge in [-0.3, -0.25) is 14.2 Å². The normalized spacial score (nSPS) is 16.6. The number of halogens is 1. The van der Waals surface area contributed by atoms with Crippen molar-refractivity contribution in [3.05, 3.63) is 86.8 Å². The van der Waals surface area contributed by atoms with E-state index in [0.29, 0.717) is 71.0 Å². The van der Waals surface area contributed by atoms with Crippen molar-refractivity contribution in [1.29, 1.82) is 5.26 Å². The fraction of sp³-hybridized carbons (Fsp3) is 0.367. The summed E-state index contributed by atoms with van der Waals surface area (Å²) in [5.41, 5.74) is 3.05. The molecule has 4 aromatic rings. The largest absolute Gasteiger partial charge is 0.466 e. The molecule has 0 N–H and O–H groups in total. The molecule has 0 radical (unpaired) electrons. The number of nitriles is 1. The Morgan fingerprint density at radius 3 is 2.67 bits per heavy atom. The van der Waals surface area contributed by atoms with Crippen LogP contribution in [-0.4, -0.2) is 31.7 Å². The fourth-order valence-electron chi connectivity index (χ4n) is 5.36. The summed E-state index contributed by atoms with van der Waals surface area (Å²) in [7, 11) is 0. The highest BCUT2D eigenvalue weighted by Gasteiger charge is 2.39. The number of fused-ring (bicyclic) bond motifs is 1. The van der Waals surface area contributed by atoms with Crippen LogP contribution >= 0.6 is 0 Å². The zero-order valence-corrected chi connectivity index (χ0v) is 22.3. The second kappa shape index (κ2) is 10.8. The van der Waals surface area contributed by atoms with Crippen LogP contribution in [0, 0.1) is 30.0 Å². The third kappa shape index (κ3) is 4.83. The summed E-state index contributed by atoms with van der Waals surface area (Å²) in [6.45, 7) is 5.88. The average Bonchev–Trinajstić information content (AvgIpc) is 3.29. The number of carbonyl (C=O) groups is 1. The van der Waals surface area contributed by atoms with Crippen LogP contribution in [0.3, 0.4) is 0 Å². The van der Waals surface area contributed by atoms with Gasteiger partial charge in [0.2, 0.25) is 5.78 Å². The summed E-state index contributed by atoms with van der Waals surface area (Å²) in [4.78, 5) is 30.8. The third-order valence-electron chi connectivity index (χ3n) is 7.36. The first-order chi connectivity index (χ1) is 18.9. The number of hydrogen-bond donors (Lipinski definition) is 0. The van der Waals surface area contributed by atoms with E-state index in [-0.39, 0.29) is 29.9 Å². The Labute approximate surface area is 225 Å². The van der Waals surface area contributed by atoms with Crippen molar-refractivity contribution < 1.29 is 13.9 Å². The van der Waals surface area contributed by atoms with E-state index in [2.05, 4.69) is 16.2 Å². The van der Waals surface area contributed by atoms with Gasteiger partial charge in [-0.25, -0.2) is 8.91 Å². The van der Waals surface area contributed by atoms with Gasteiger partial charge in [0, 0.05) is 18.0 Å². The quantitative estimate of drug-likeness (QED) is 0.301. The maximum absolute atomic E-state index is 15.5. The van der Waals surface area contributed by atoms with Gasteiger partial charge < -0.3 is 4.74 Å². The van der Waals surface area contributed by atoms with Crippen LogP contribution in [0.4, 0.5) is 4.39 Å². The lowest BCUT2D eigenvalue weighted by molar-refractivity contribution is -0.152. The van der Waals surface area contributed by atoms with Crippen molar-refractivity contribution in [2.45, 2.75) is 58.9 Å². The van der Waals surface area contributed by atoms with E-state index < -0.39 is 5.82 Å². The summed E-state index contributed by atoms with van der Waals surface area (Å²) < 4.78 is 24.0. The zero-order valence-electron chi connectivity index (χ0n) is 22.3. The Kier molecular flexibility index (Phi) is 7.29. The van der Waals surface area contributed by atoms with Crippen LogP contribution in [0.15, 0.2) is 47.3 Å². The molecule has 1 aliphatic carbocycles. The molecule has 1 aliphatic rings. The lowest BCUT2D eigenvalue weighted by atomic mass is 9.80. The number of aromatic nitrogens is 4.